The Morgan fingerprint density at radius 3 is 2.59 bits per heavy atom. The Kier molecular flexibility index (Phi) is 3.67. The number of hydrogen-bond donors (Lipinski definition) is 1. The molecular weight excluding hydrogens is 288 g/mol. The lowest BCUT2D eigenvalue weighted by Crippen LogP contribution is -2.32. The third kappa shape index (κ3) is 2.86. The molecule has 0 aromatic heterocycles. The van der Waals surface area contributed by atoms with E-state index in [9.17, 15) is 9.90 Å². The molecule has 2 aliphatic rings. The standard InChI is InChI=1S/C15H16N2O5/c1-15(2)20-8-10(22-15)13-12(18)11(14(19)21-13)17-16-9-6-4-3-5-7-9/h3-7,10,13,18H,8H2,1-2H3. The van der Waals surface area contributed by atoms with Crippen molar-refractivity contribution in [3.63, 3.8) is 0 Å². The highest BCUT2D eigenvalue weighted by molar-refractivity contribution is 5.91. The number of hydrogen-bond acceptors (Lipinski definition) is 7. The van der Waals surface area contributed by atoms with Crippen LogP contribution < -0.4 is 0 Å². The van der Waals surface area contributed by atoms with Crippen molar-refractivity contribution in [1.82, 2.24) is 0 Å². The Morgan fingerprint density at radius 1 is 1.23 bits per heavy atom. The summed E-state index contributed by atoms with van der Waals surface area (Å²) in [4.78, 5) is 11.8. The van der Waals surface area contributed by atoms with Crippen molar-refractivity contribution < 1.29 is 24.1 Å². The molecule has 7 heteroatoms. The Morgan fingerprint density at radius 2 is 1.95 bits per heavy atom. The number of aliphatic hydroxyl groups is 1. The minimum Gasteiger partial charge on any atom is -0.506 e. The lowest BCUT2D eigenvalue weighted by Gasteiger charge is -2.19. The van der Waals surface area contributed by atoms with Gasteiger partial charge >= 0.3 is 5.97 Å². The molecule has 2 unspecified atom stereocenters. The first-order valence-electron chi connectivity index (χ1n) is 6.89. The number of ether oxygens (including phenoxy) is 3. The first-order valence-corrected chi connectivity index (χ1v) is 6.89. The van der Waals surface area contributed by atoms with Gasteiger partial charge in [0.05, 0.1) is 12.3 Å². The largest absolute Gasteiger partial charge is 0.506 e. The molecule has 0 radical (unpaired) electrons. The maximum atomic E-state index is 11.8. The van der Waals surface area contributed by atoms with Gasteiger partial charge in [-0.1, -0.05) is 18.2 Å². The molecule has 1 saturated heterocycles. The average molecular weight is 304 g/mol. The molecule has 0 amide bonds. The highest BCUT2D eigenvalue weighted by Crippen LogP contribution is 2.32. The second-order valence-corrected chi connectivity index (χ2v) is 5.46. The molecule has 0 spiro atoms. The number of benzene rings is 1. The summed E-state index contributed by atoms with van der Waals surface area (Å²) in [5.74, 6) is -1.78. The van der Waals surface area contributed by atoms with Crippen LogP contribution in [0.3, 0.4) is 0 Å². The number of rotatable bonds is 3. The van der Waals surface area contributed by atoms with Gasteiger partial charge in [0.25, 0.3) is 0 Å². The van der Waals surface area contributed by atoms with E-state index in [0.717, 1.165) is 0 Å². The van der Waals surface area contributed by atoms with E-state index in [-0.39, 0.29) is 18.1 Å². The van der Waals surface area contributed by atoms with Gasteiger partial charge in [-0.15, -0.1) is 5.11 Å². The fourth-order valence-electron chi connectivity index (χ4n) is 2.28. The number of esters is 1. The minimum atomic E-state index is -0.918. The van der Waals surface area contributed by atoms with Gasteiger partial charge in [0.2, 0.25) is 5.70 Å². The summed E-state index contributed by atoms with van der Waals surface area (Å²) in [5.41, 5.74) is 0.364. The monoisotopic (exact) mass is 304 g/mol. The van der Waals surface area contributed by atoms with Crippen molar-refractivity contribution in [3.8, 4) is 0 Å². The number of nitrogens with zero attached hydrogens (tertiary/aromatic N) is 2. The fourth-order valence-corrected chi connectivity index (χ4v) is 2.28. The predicted octanol–water partition coefficient (Wildman–Crippen LogP) is 2.62. The van der Waals surface area contributed by atoms with Gasteiger partial charge in [-0.05, 0) is 26.0 Å². The number of aliphatic hydroxyl groups excluding tert-OH is 1. The molecule has 1 fully saturated rings. The SMILES string of the molecule is CC1(C)OCC(C2OC(=O)C(N=Nc3ccccc3)=C2O)O1. The summed E-state index contributed by atoms with van der Waals surface area (Å²) < 4.78 is 16.1. The second-order valence-electron chi connectivity index (χ2n) is 5.46. The molecule has 0 saturated carbocycles. The van der Waals surface area contributed by atoms with E-state index in [1.54, 1.807) is 38.1 Å². The summed E-state index contributed by atoms with van der Waals surface area (Å²) in [6, 6.07) is 8.90. The molecule has 0 aliphatic carbocycles. The average Bonchev–Trinajstić information content (AvgIpc) is 2.98. The Bertz CT molecular complexity index is 639. The molecule has 2 aliphatic heterocycles. The van der Waals surface area contributed by atoms with Crippen molar-refractivity contribution >= 4 is 11.7 Å². The zero-order valence-electron chi connectivity index (χ0n) is 12.2. The number of carbonyl (C=O) groups excluding carboxylic acids is 1. The molecule has 116 valence electrons. The summed E-state index contributed by atoms with van der Waals surface area (Å²) in [7, 11) is 0. The highest BCUT2D eigenvalue weighted by Gasteiger charge is 2.46. The van der Waals surface area contributed by atoms with Crippen LogP contribution in [0.5, 0.6) is 0 Å². The lowest BCUT2D eigenvalue weighted by atomic mass is 10.2. The Hall–Kier alpha value is -2.25. The number of azo groups is 1. The van der Waals surface area contributed by atoms with Crippen LogP contribution >= 0.6 is 0 Å². The van der Waals surface area contributed by atoms with Crippen molar-refractivity contribution in [2.75, 3.05) is 6.61 Å². The Balaban J connectivity index is 1.79. The van der Waals surface area contributed by atoms with Gasteiger partial charge in [-0.25, -0.2) is 4.79 Å². The summed E-state index contributed by atoms with van der Waals surface area (Å²) in [6.07, 6.45) is -1.48. The first kappa shape index (κ1) is 14.7. The molecule has 0 bridgehead atoms. The lowest BCUT2D eigenvalue weighted by molar-refractivity contribution is -0.162. The Labute approximate surface area is 127 Å². The summed E-state index contributed by atoms with van der Waals surface area (Å²) in [5, 5.41) is 17.9. The normalized spacial score (nSPS) is 27.6. The molecule has 7 nitrogen and oxygen atoms in total. The fraction of sp³-hybridized carbons (Fsp3) is 0.400. The van der Waals surface area contributed by atoms with Crippen LogP contribution in [0.1, 0.15) is 13.8 Å². The van der Waals surface area contributed by atoms with E-state index in [1.165, 1.54) is 0 Å². The van der Waals surface area contributed by atoms with Crippen molar-refractivity contribution in [1.29, 1.82) is 0 Å². The first-order chi connectivity index (χ1) is 10.5. The topological polar surface area (TPSA) is 89.7 Å². The number of carbonyl (C=O) groups is 1. The van der Waals surface area contributed by atoms with Crippen LogP contribution in [0.15, 0.2) is 52.0 Å². The maximum absolute atomic E-state index is 11.8. The van der Waals surface area contributed by atoms with Crippen LogP contribution in [-0.2, 0) is 19.0 Å². The van der Waals surface area contributed by atoms with Crippen LogP contribution in [0.2, 0.25) is 0 Å². The molecule has 1 aromatic carbocycles. The smallest absolute Gasteiger partial charge is 0.363 e. The quantitative estimate of drug-likeness (QED) is 0.685. The molecule has 1 aromatic rings. The van der Waals surface area contributed by atoms with Crippen molar-refractivity contribution in [3.05, 3.63) is 41.8 Å². The van der Waals surface area contributed by atoms with Crippen molar-refractivity contribution in [2.45, 2.75) is 31.8 Å². The predicted molar refractivity (Wildman–Crippen MR) is 75.4 cm³/mol. The van der Waals surface area contributed by atoms with Gasteiger partial charge in [0.15, 0.2) is 17.7 Å². The molecule has 2 atom stereocenters. The van der Waals surface area contributed by atoms with Gasteiger partial charge in [-0.2, -0.15) is 5.11 Å². The highest BCUT2D eigenvalue weighted by atomic mass is 16.8. The zero-order valence-corrected chi connectivity index (χ0v) is 12.2. The molecule has 3 rings (SSSR count). The van der Waals surface area contributed by atoms with E-state index in [4.69, 9.17) is 14.2 Å². The summed E-state index contributed by atoms with van der Waals surface area (Å²) in [6.45, 7) is 3.72. The van der Waals surface area contributed by atoms with E-state index < -0.39 is 24.0 Å². The molecule has 1 N–H and O–H groups in total. The van der Waals surface area contributed by atoms with Crippen molar-refractivity contribution in [2.24, 2.45) is 10.2 Å². The van der Waals surface area contributed by atoms with Crippen LogP contribution in [-0.4, -0.2) is 35.7 Å². The molecule has 2 heterocycles. The zero-order chi connectivity index (χ0) is 15.7. The third-order valence-corrected chi connectivity index (χ3v) is 3.33. The van der Waals surface area contributed by atoms with E-state index >= 15 is 0 Å². The third-order valence-electron chi connectivity index (χ3n) is 3.33. The van der Waals surface area contributed by atoms with Gasteiger partial charge in [-0.3, -0.25) is 0 Å². The molecular formula is C15H16N2O5. The van der Waals surface area contributed by atoms with Gasteiger partial charge in [0.1, 0.15) is 6.10 Å². The van der Waals surface area contributed by atoms with Crippen LogP contribution in [0.4, 0.5) is 5.69 Å². The van der Waals surface area contributed by atoms with Crippen LogP contribution in [0, 0.1) is 0 Å². The van der Waals surface area contributed by atoms with Crippen LogP contribution in [0.25, 0.3) is 0 Å². The molecule has 22 heavy (non-hydrogen) atoms. The minimum absolute atomic E-state index is 0.206. The summed E-state index contributed by atoms with van der Waals surface area (Å²) >= 11 is 0. The number of cyclic esters (lactones) is 1. The van der Waals surface area contributed by atoms with E-state index in [2.05, 4.69) is 10.2 Å². The van der Waals surface area contributed by atoms with E-state index in [0.29, 0.717) is 5.69 Å². The van der Waals surface area contributed by atoms with E-state index in [1.807, 2.05) is 6.07 Å². The second kappa shape index (κ2) is 5.51. The maximum Gasteiger partial charge on any atom is 0.363 e. The van der Waals surface area contributed by atoms with Gasteiger partial charge in [0, 0.05) is 0 Å². The van der Waals surface area contributed by atoms with Gasteiger partial charge < -0.3 is 19.3 Å².